The molecule has 2 aromatic rings. The van der Waals surface area contributed by atoms with Crippen molar-refractivity contribution in [3.05, 3.63) is 35.9 Å². The zero-order valence-electron chi connectivity index (χ0n) is 13.2. The van der Waals surface area contributed by atoms with Crippen molar-refractivity contribution >= 4 is 16.7 Å². The summed E-state index contributed by atoms with van der Waals surface area (Å²) < 4.78 is 0. The number of nitrogens with one attached hydrogen (secondary N) is 1. The van der Waals surface area contributed by atoms with Gasteiger partial charge in [-0.1, -0.05) is 18.2 Å². The van der Waals surface area contributed by atoms with E-state index in [2.05, 4.69) is 69.2 Å². The van der Waals surface area contributed by atoms with Gasteiger partial charge in [0, 0.05) is 31.1 Å². The number of pyridine rings is 1. The highest BCUT2D eigenvalue weighted by molar-refractivity contribution is 5.84. The quantitative estimate of drug-likeness (QED) is 0.921. The van der Waals surface area contributed by atoms with Gasteiger partial charge in [0.1, 0.15) is 5.82 Å². The monoisotopic (exact) mass is 271 g/mol. The third-order valence-electron chi connectivity index (χ3n) is 3.46. The van der Waals surface area contributed by atoms with Gasteiger partial charge in [-0.05, 0) is 45.4 Å². The van der Waals surface area contributed by atoms with E-state index in [9.17, 15) is 0 Å². The lowest BCUT2D eigenvalue weighted by Gasteiger charge is -2.23. The van der Waals surface area contributed by atoms with Crippen LogP contribution in [0.2, 0.25) is 0 Å². The molecule has 1 heterocycles. The number of anilines is 1. The second-order valence-electron chi connectivity index (χ2n) is 6.27. The van der Waals surface area contributed by atoms with Crippen LogP contribution in [-0.2, 0) is 6.54 Å². The normalized spacial score (nSPS) is 11.8. The molecule has 0 unspecified atom stereocenters. The molecule has 0 radical (unpaired) electrons. The number of fused-ring (bicyclic) bond motifs is 1. The highest BCUT2D eigenvalue weighted by Gasteiger charge is 2.12. The second kappa shape index (κ2) is 5.80. The number of hydrogen-bond donors (Lipinski definition) is 1. The number of nitrogens with zero attached hydrogens (tertiary/aromatic N) is 2. The van der Waals surface area contributed by atoms with Gasteiger partial charge in [0.15, 0.2) is 0 Å². The molecule has 1 aromatic carbocycles. The molecule has 3 nitrogen and oxygen atoms in total. The molecule has 0 fully saturated rings. The maximum atomic E-state index is 4.75. The molecule has 0 amide bonds. The Kier molecular flexibility index (Phi) is 4.29. The molecular weight excluding hydrogens is 246 g/mol. The van der Waals surface area contributed by atoms with Crippen molar-refractivity contribution in [1.29, 1.82) is 0 Å². The van der Waals surface area contributed by atoms with Crippen molar-refractivity contribution in [2.24, 2.45) is 0 Å². The largest absolute Gasteiger partial charge is 0.360 e. The average molecular weight is 271 g/mol. The lowest BCUT2D eigenvalue weighted by molar-refractivity contribution is 0.425. The Hall–Kier alpha value is -1.61. The first-order chi connectivity index (χ1) is 9.40. The van der Waals surface area contributed by atoms with Crippen LogP contribution < -0.4 is 10.2 Å². The minimum absolute atomic E-state index is 0.112. The van der Waals surface area contributed by atoms with E-state index in [1.807, 2.05) is 6.07 Å². The van der Waals surface area contributed by atoms with Crippen LogP contribution >= 0.6 is 0 Å². The van der Waals surface area contributed by atoms with Crippen LogP contribution in [0.5, 0.6) is 0 Å². The SMILES string of the molecule is CCN(C)c1cc(CNC(C)(C)C)c2ccccc2n1. The molecule has 1 aromatic heterocycles. The Labute approximate surface area is 122 Å². The van der Waals surface area contributed by atoms with Gasteiger partial charge in [0.25, 0.3) is 0 Å². The van der Waals surface area contributed by atoms with Crippen LogP contribution in [0.25, 0.3) is 10.9 Å². The van der Waals surface area contributed by atoms with Gasteiger partial charge in [0.2, 0.25) is 0 Å². The van der Waals surface area contributed by atoms with Gasteiger partial charge in [-0.15, -0.1) is 0 Å². The lowest BCUT2D eigenvalue weighted by atomic mass is 10.1. The van der Waals surface area contributed by atoms with E-state index >= 15 is 0 Å². The van der Waals surface area contributed by atoms with Crippen LogP contribution in [-0.4, -0.2) is 24.1 Å². The van der Waals surface area contributed by atoms with Gasteiger partial charge in [-0.3, -0.25) is 0 Å². The van der Waals surface area contributed by atoms with Crippen molar-refractivity contribution < 1.29 is 0 Å². The minimum atomic E-state index is 0.112. The summed E-state index contributed by atoms with van der Waals surface area (Å²) in [6.45, 7) is 10.5. The van der Waals surface area contributed by atoms with E-state index in [-0.39, 0.29) is 5.54 Å². The molecule has 0 saturated carbocycles. The summed E-state index contributed by atoms with van der Waals surface area (Å²) in [5.41, 5.74) is 2.48. The van der Waals surface area contributed by atoms with Crippen molar-refractivity contribution in [3.63, 3.8) is 0 Å². The first-order valence-electron chi connectivity index (χ1n) is 7.25. The van der Waals surface area contributed by atoms with Gasteiger partial charge in [0.05, 0.1) is 5.52 Å². The number of rotatable bonds is 4. The topological polar surface area (TPSA) is 28.2 Å². The second-order valence-corrected chi connectivity index (χ2v) is 6.27. The summed E-state index contributed by atoms with van der Waals surface area (Å²) in [6, 6.07) is 10.6. The van der Waals surface area contributed by atoms with Crippen molar-refractivity contribution in [1.82, 2.24) is 10.3 Å². The summed E-state index contributed by atoms with van der Waals surface area (Å²) in [6.07, 6.45) is 0. The molecule has 2 rings (SSSR count). The highest BCUT2D eigenvalue weighted by Crippen LogP contribution is 2.23. The summed E-state index contributed by atoms with van der Waals surface area (Å²) in [5, 5.41) is 4.80. The van der Waals surface area contributed by atoms with Crippen LogP contribution in [0.4, 0.5) is 5.82 Å². The molecule has 0 spiro atoms. The van der Waals surface area contributed by atoms with Crippen LogP contribution in [0.3, 0.4) is 0 Å². The number of benzene rings is 1. The van der Waals surface area contributed by atoms with E-state index in [0.29, 0.717) is 0 Å². The Morgan fingerprint density at radius 2 is 1.90 bits per heavy atom. The zero-order valence-corrected chi connectivity index (χ0v) is 13.2. The number of para-hydroxylation sites is 1. The minimum Gasteiger partial charge on any atom is -0.360 e. The van der Waals surface area contributed by atoms with Crippen molar-refractivity contribution in [2.45, 2.75) is 39.8 Å². The molecule has 0 aliphatic rings. The smallest absolute Gasteiger partial charge is 0.129 e. The average Bonchev–Trinajstić information content (AvgIpc) is 2.42. The van der Waals surface area contributed by atoms with Gasteiger partial charge in [-0.2, -0.15) is 0 Å². The van der Waals surface area contributed by atoms with E-state index in [1.165, 1.54) is 10.9 Å². The Morgan fingerprint density at radius 1 is 1.20 bits per heavy atom. The van der Waals surface area contributed by atoms with Crippen LogP contribution in [0.1, 0.15) is 33.3 Å². The summed E-state index contributed by atoms with van der Waals surface area (Å²) in [4.78, 5) is 6.92. The molecular formula is C17H25N3. The van der Waals surface area contributed by atoms with E-state index < -0.39 is 0 Å². The molecule has 0 bridgehead atoms. The molecule has 3 heteroatoms. The van der Waals surface area contributed by atoms with Crippen molar-refractivity contribution in [2.75, 3.05) is 18.5 Å². The maximum Gasteiger partial charge on any atom is 0.129 e. The highest BCUT2D eigenvalue weighted by atomic mass is 15.2. The van der Waals surface area contributed by atoms with Gasteiger partial charge >= 0.3 is 0 Å². The van der Waals surface area contributed by atoms with Crippen LogP contribution in [0.15, 0.2) is 30.3 Å². The van der Waals surface area contributed by atoms with E-state index in [4.69, 9.17) is 4.98 Å². The fourth-order valence-electron chi connectivity index (χ4n) is 2.10. The van der Waals surface area contributed by atoms with E-state index in [1.54, 1.807) is 0 Å². The van der Waals surface area contributed by atoms with Crippen LogP contribution in [0, 0.1) is 0 Å². The Balaban J connectivity index is 2.44. The molecule has 0 atom stereocenters. The molecule has 20 heavy (non-hydrogen) atoms. The lowest BCUT2D eigenvalue weighted by Crippen LogP contribution is -2.35. The first-order valence-corrected chi connectivity index (χ1v) is 7.25. The predicted molar refractivity (Wildman–Crippen MR) is 87.3 cm³/mol. The zero-order chi connectivity index (χ0) is 14.8. The standard InChI is InChI=1S/C17H25N3/c1-6-20(5)16-11-13(12-18-17(2,3)4)14-9-7-8-10-15(14)19-16/h7-11,18H,6,12H2,1-5H3. The van der Waals surface area contributed by atoms with Gasteiger partial charge < -0.3 is 10.2 Å². The third kappa shape index (κ3) is 3.48. The Morgan fingerprint density at radius 3 is 2.55 bits per heavy atom. The number of aromatic nitrogens is 1. The first kappa shape index (κ1) is 14.8. The van der Waals surface area contributed by atoms with Crippen molar-refractivity contribution in [3.8, 4) is 0 Å². The predicted octanol–water partition coefficient (Wildman–Crippen LogP) is 3.58. The molecule has 108 valence electrons. The fourth-order valence-corrected chi connectivity index (χ4v) is 2.10. The molecule has 0 saturated heterocycles. The number of hydrogen-bond acceptors (Lipinski definition) is 3. The summed E-state index contributed by atoms with van der Waals surface area (Å²) in [5.74, 6) is 1.04. The van der Waals surface area contributed by atoms with Gasteiger partial charge in [-0.25, -0.2) is 4.98 Å². The fraction of sp³-hybridized carbons (Fsp3) is 0.471. The Bertz CT molecular complexity index is 584. The maximum absolute atomic E-state index is 4.75. The summed E-state index contributed by atoms with van der Waals surface area (Å²) in [7, 11) is 2.08. The molecule has 0 aliphatic heterocycles. The molecule has 1 N–H and O–H groups in total. The molecule has 0 aliphatic carbocycles. The van der Waals surface area contributed by atoms with E-state index in [0.717, 1.165) is 24.4 Å². The summed E-state index contributed by atoms with van der Waals surface area (Å²) >= 11 is 0. The third-order valence-corrected chi connectivity index (χ3v) is 3.46.